The lowest BCUT2D eigenvalue weighted by molar-refractivity contribution is 0.122. The molecule has 1 aromatic carbocycles. The number of morpholine rings is 1. The van der Waals surface area contributed by atoms with E-state index in [4.69, 9.17) is 14.6 Å². The third kappa shape index (κ3) is 4.93. The number of nitrogens with one attached hydrogen (secondary N) is 2. The minimum absolute atomic E-state index is 0.000221. The summed E-state index contributed by atoms with van der Waals surface area (Å²) in [4.78, 5) is 15.4. The van der Waals surface area contributed by atoms with E-state index in [2.05, 4.69) is 30.5 Å². The molecule has 0 spiro atoms. The van der Waals surface area contributed by atoms with Gasteiger partial charge in [0.1, 0.15) is 5.75 Å². The quantitative estimate of drug-likeness (QED) is 0.641. The van der Waals surface area contributed by atoms with E-state index < -0.39 is 0 Å². The van der Waals surface area contributed by atoms with Crippen molar-refractivity contribution in [1.82, 2.24) is 15.0 Å². The molecular weight excluding hydrogens is 336 g/mol. The fourth-order valence-corrected chi connectivity index (χ4v) is 2.50. The first-order chi connectivity index (χ1) is 12.8. The molecule has 0 atom stereocenters. The van der Waals surface area contributed by atoms with Crippen molar-refractivity contribution in [2.45, 2.75) is 6.92 Å². The Balaban J connectivity index is 1.79. The molecule has 140 valence electrons. The topological polar surface area (TPSA) is 105 Å². The predicted octanol–water partition coefficient (Wildman–Crippen LogP) is 1.25. The molecule has 26 heavy (non-hydrogen) atoms. The molecule has 2 aromatic rings. The standard InChI is InChI=1S/C17H24N6O3/c1-2-26-14-5-3-13(4-6-14)19-16-20-15(18-7-10-24)21-17(22-16)23-8-11-25-12-9-23/h3-6,24H,2,7-12H2,1H3,(H2,18,19,20,21,22). The molecule has 0 aliphatic carbocycles. The maximum Gasteiger partial charge on any atom is 0.233 e. The first kappa shape index (κ1) is 18.2. The van der Waals surface area contributed by atoms with Crippen molar-refractivity contribution >= 4 is 23.5 Å². The number of hydrogen-bond acceptors (Lipinski definition) is 9. The highest BCUT2D eigenvalue weighted by Gasteiger charge is 2.16. The Morgan fingerprint density at radius 2 is 1.85 bits per heavy atom. The summed E-state index contributed by atoms with van der Waals surface area (Å²) < 4.78 is 10.8. The lowest BCUT2D eigenvalue weighted by atomic mass is 10.3. The van der Waals surface area contributed by atoms with Crippen LogP contribution in [-0.4, -0.2) is 66.1 Å². The number of nitrogens with zero attached hydrogens (tertiary/aromatic N) is 4. The van der Waals surface area contributed by atoms with Gasteiger partial charge in [-0.1, -0.05) is 0 Å². The lowest BCUT2D eigenvalue weighted by Crippen LogP contribution is -2.37. The van der Waals surface area contributed by atoms with Gasteiger partial charge in [0.2, 0.25) is 17.8 Å². The van der Waals surface area contributed by atoms with Gasteiger partial charge < -0.3 is 30.1 Å². The van der Waals surface area contributed by atoms with E-state index in [0.29, 0.717) is 44.2 Å². The first-order valence-electron chi connectivity index (χ1n) is 8.72. The van der Waals surface area contributed by atoms with E-state index >= 15 is 0 Å². The van der Waals surface area contributed by atoms with Crippen LogP contribution in [0.4, 0.5) is 23.5 Å². The second kappa shape index (κ2) is 9.16. The summed E-state index contributed by atoms with van der Waals surface area (Å²) in [7, 11) is 0. The highest BCUT2D eigenvalue weighted by molar-refractivity contribution is 5.57. The van der Waals surface area contributed by atoms with E-state index in [0.717, 1.165) is 24.5 Å². The van der Waals surface area contributed by atoms with Crippen LogP contribution in [0.5, 0.6) is 5.75 Å². The molecule has 9 nitrogen and oxygen atoms in total. The summed E-state index contributed by atoms with van der Waals surface area (Å²) in [6.07, 6.45) is 0. The molecule has 0 amide bonds. The zero-order valence-corrected chi connectivity index (χ0v) is 14.8. The van der Waals surface area contributed by atoms with Crippen LogP contribution in [0.15, 0.2) is 24.3 Å². The molecule has 0 bridgehead atoms. The van der Waals surface area contributed by atoms with Crippen molar-refractivity contribution in [3.63, 3.8) is 0 Å². The van der Waals surface area contributed by atoms with E-state index in [1.54, 1.807) is 0 Å². The van der Waals surface area contributed by atoms with Gasteiger partial charge in [-0.05, 0) is 31.2 Å². The van der Waals surface area contributed by atoms with Gasteiger partial charge in [-0.2, -0.15) is 15.0 Å². The summed E-state index contributed by atoms with van der Waals surface area (Å²) in [5.41, 5.74) is 0.848. The van der Waals surface area contributed by atoms with Crippen LogP contribution in [0.3, 0.4) is 0 Å². The van der Waals surface area contributed by atoms with Crippen molar-refractivity contribution in [1.29, 1.82) is 0 Å². The molecule has 3 N–H and O–H groups in total. The van der Waals surface area contributed by atoms with Crippen molar-refractivity contribution < 1.29 is 14.6 Å². The molecular formula is C17H24N6O3. The summed E-state index contributed by atoms with van der Waals surface area (Å²) >= 11 is 0. The highest BCUT2D eigenvalue weighted by atomic mass is 16.5. The van der Waals surface area contributed by atoms with Gasteiger partial charge in [0.05, 0.1) is 26.4 Å². The van der Waals surface area contributed by atoms with Crippen molar-refractivity contribution in [2.24, 2.45) is 0 Å². The van der Waals surface area contributed by atoms with E-state index in [1.165, 1.54) is 0 Å². The molecule has 3 rings (SSSR count). The van der Waals surface area contributed by atoms with Gasteiger partial charge >= 0.3 is 0 Å². The van der Waals surface area contributed by atoms with Crippen LogP contribution >= 0.6 is 0 Å². The Morgan fingerprint density at radius 3 is 2.54 bits per heavy atom. The molecule has 1 saturated heterocycles. The Kier molecular flexibility index (Phi) is 6.39. The smallest absolute Gasteiger partial charge is 0.233 e. The average Bonchev–Trinajstić information content (AvgIpc) is 2.69. The van der Waals surface area contributed by atoms with Gasteiger partial charge in [-0.25, -0.2) is 0 Å². The maximum atomic E-state index is 9.03. The fourth-order valence-electron chi connectivity index (χ4n) is 2.50. The van der Waals surface area contributed by atoms with Gasteiger partial charge in [-0.15, -0.1) is 0 Å². The lowest BCUT2D eigenvalue weighted by Gasteiger charge is -2.27. The summed E-state index contributed by atoms with van der Waals surface area (Å²) in [6, 6.07) is 7.59. The molecule has 0 saturated carbocycles. The largest absolute Gasteiger partial charge is 0.494 e. The number of rotatable bonds is 8. The third-order valence-electron chi connectivity index (χ3n) is 3.73. The van der Waals surface area contributed by atoms with Crippen molar-refractivity contribution in [3.8, 4) is 5.75 Å². The molecule has 1 aromatic heterocycles. The molecule has 9 heteroatoms. The number of aliphatic hydroxyl groups excluding tert-OH is 1. The number of aliphatic hydroxyl groups is 1. The Labute approximate surface area is 152 Å². The molecule has 1 aliphatic heterocycles. The van der Waals surface area contributed by atoms with E-state index in [-0.39, 0.29) is 6.61 Å². The number of anilines is 4. The molecule has 2 heterocycles. The van der Waals surface area contributed by atoms with Gasteiger partial charge in [0.25, 0.3) is 0 Å². The Morgan fingerprint density at radius 1 is 1.12 bits per heavy atom. The Bertz CT molecular complexity index is 691. The normalized spacial score (nSPS) is 14.2. The number of benzene rings is 1. The van der Waals surface area contributed by atoms with Crippen LogP contribution < -0.4 is 20.3 Å². The minimum atomic E-state index is 0.000221. The van der Waals surface area contributed by atoms with Gasteiger partial charge in [0, 0.05) is 25.3 Å². The van der Waals surface area contributed by atoms with Gasteiger partial charge in [-0.3, -0.25) is 0 Å². The predicted molar refractivity (Wildman–Crippen MR) is 99.3 cm³/mol. The Hall–Kier alpha value is -2.65. The second-order valence-electron chi connectivity index (χ2n) is 5.61. The summed E-state index contributed by atoms with van der Waals surface area (Å²) in [6.45, 7) is 5.70. The number of ether oxygens (including phenoxy) is 2. The average molecular weight is 360 g/mol. The first-order valence-corrected chi connectivity index (χ1v) is 8.72. The summed E-state index contributed by atoms with van der Waals surface area (Å²) in [5.74, 6) is 2.25. The second-order valence-corrected chi connectivity index (χ2v) is 5.61. The zero-order valence-electron chi connectivity index (χ0n) is 14.8. The minimum Gasteiger partial charge on any atom is -0.494 e. The third-order valence-corrected chi connectivity index (χ3v) is 3.73. The SMILES string of the molecule is CCOc1ccc(Nc2nc(NCCO)nc(N3CCOCC3)n2)cc1. The van der Waals surface area contributed by atoms with Crippen LogP contribution in [-0.2, 0) is 4.74 Å². The molecule has 0 radical (unpaired) electrons. The number of hydrogen-bond donors (Lipinski definition) is 3. The van der Waals surface area contributed by atoms with Crippen LogP contribution in [0.2, 0.25) is 0 Å². The van der Waals surface area contributed by atoms with Crippen LogP contribution in [0, 0.1) is 0 Å². The van der Waals surface area contributed by atoms with Crippen molar-refractivity contribution in [3.05, 3.63) is 24.3 Å². The maximum absolute atomic E-state index is 9.03. The molecule has 1 aliphatic rings. The molecule has 0 unspecified atom stereocenters. The van der Waals surface area contributed by atoms with Crippen molar-refractivity contribution in [2.75, 3.05) is 61.6 Å². The van der Waals surface area contributed by atoms with Crippen LogP contribution in [0.25, 0.3) is 0 Å². The summed E-state index contributed by atoms with van der Waals surface area (Å²) in [5, 5.41) is 15.2. The van der Waals surface area contributed by atoms with E-state index in [9.17, 15) is 0 Å². The number of aromatic nitrogens is 3. The zero-order chi connectivity index (χ0) is 18.2. The van der Waals surface area contributed by atoms with E-state index in [1.807, 2.05) is 31.2 Å². The molecule has 1 fully saturated rings. The monoisotopic (exact) mass is 360 g/mol. The van der Waals surface area contributed by atoms with Gasteiger partial charge in [0.15, 0.2) is 0 Å². The highest BCUT2D eigenvalue weighted by Crippen LogP contribution is 2.21. The van der Waals surface area contributed by atoms with Crippen LogP contribution in [0.1, 0.15) is 6.92 Å². The fraction of sp³-hybridized carbons (Fsp3) is 0.471.